The number of nitrogens with zero attached hydrogens (tertiary/aromatic N) is 3. The minimum Gasteiger partial charge on any atom is -0.497 e. The second kappa shape index (κ2) is 52.5. The Bertz CT molecular complexity index is 5320. The first kappa shape index (κ1) is 115. The maximum atomic E-state index is 16.3. The maximum Gasteiger partial charge on any atom is 0.308 e. The predicted molar refractivity (Wildman–Crippen MR) is 532 cm³/mol. The zero-order valence-corrected chi connectivity index (χ0v) is 86.1. The lowest BCUT2D eigenvalue weighted by Gasteiger charge is -2.36. The van der Waals surface area contributed by atoms with E-state index >= 15 is 38.0 Å². The van der Waals surface area contributed by atoms with E-state index in [1.165, 1.54) is 73.1 Å². The molecule has 0 saturated carbocycles. The van der Waals surface area contributed by atoms with Crippen LogP contribution in [0.25, 0.3) is 11.1 Å². The summed E-state index contributed by atoms with van der Waals surface area (Å²) in [5.41, 5.74) is 11.7. The predicted octanol–water partition coefficient (Wildman–Crippen LogP) is 14.1. The number of unbranched alkanes of at least 4 members (excludes halogenated alkanes) is 2. The fraction of sp³-hybridized carbons (Fsp3) is 0.546. The number of halogens is 1. The summed E-state index contributed by atoms with van der Waals surface area (Å²) in [4.78, 5) is 179. The van der Waals surface area contributed by atoms with Crippen LogP contribution in [0.5, 0.6) is 23.0 Å². The van der Waals surface area contributed by atoms with Crippen molar-refractivity contribution in [2.45, 2.75) is 331 Å². The molecule has 11 atom stereocenters. The summed E-state index contributed by atoms with van der Waals surface area (Å²) in [7, 11) is 3.01. The number of carbonyl (C=O) groups excluding carboxylic acids is 12. The number of Topliss-reactive ketones (excluding diaryl/α,β-unsaturated/α-hetero) is 5. The number of nitrogens with one attached hydrogen (secondary N) is 6. The van der Waals surface area contributed by atoms with Crippen molar-refractivity contribution in [1.29, 1.82) is 0 Å². The van der Waals surface area contributed by atoms with Crippen molar-refractivity contribution in [3.63, 3.8) is 0 Å². The standard InChI is InChI=1S/C108H150FN11O20/c1-24-26-29-49-135-79-44-45-80(71(25-2)54-79)72-37-35-69(36-38-72)53-75(99(129)112-84(34-30-31-70-51-65(3)50-66(4)52-70)89(123)58-82(81-46-43-78(133-22)57-92(81)134-23)73-39-41-77(42-40-73)136-64-93(110)126)55-88(122)86(60-96(128)140-106(16,17)18)113-100(130)76(63-137-103(7,8)9)56-90(124)97(67(5)138-104(10,11)12)116-102(132)108(21,61-74-32-27-28-33-83(74)109)62-91(125)98(68(6)139-105(13,14)15)115-95(127)48-47-87(121)85(59-94-117-119-120-118-94)114-101(131)107(19,20)111/h27-28,32-33,35-46,50-52,54,57,67-68,75-76,82,84-86,97-98H,24-26,29-31,34,47-49,53,55-56,58-64,111H2,1-23H3,(H2,110,126)(H,112,129)(H,113,130)(H,114,131)(H,115,127)(H,116,132)(H,117,118,119,120)/t67-,68-,75-,76+,82?,84+,85+,86+,97+,98+,108-/m1/s1. The number of aryl methyl sites for hydroxylation is 4. The zero-order valence-electron chi connectivity index (χ0n) is 86.1. The highest BCUT2D eigenvalue weighted by Crippen LogP contribution is 2.40. The van der Waals surface area contributed by atoms with E-state index in [1.54, 1.807) is 126 Å². The molecule has 0 aliphatic carbocycles. The molecule has 32 heteroatoms. The molecular weight excluding hydrogens is 1790 g/mol. The van der Waals surface area contributed by atoms with Crippen molar-refractivity contribution < 1.29 is 99.8 Å². The average Bonchev–Trinajstić information content (AvgIpc) is 1.30. The van der Waals surface area contributed by atoms with Crippen LogP contribution in [0.4, 0.5) is 4.39 Å². The smallest absolute Gasteiger partial charge is 0.308 e. The quantitative estimate of drug-likeness (QED) is 0.0130. The van der Waals surface area contributed by atoms with E-state index in [0.717, 1.165) is 58.4 Å². The number of benzene rings is 6. The molecule has 140 heavy (non-hydrogen) atoms. The Morgan fingerprint density at radius 2 is 1.14 bits per heavy atom. The Labute approximate surface area is 824 Å². The van der Waals surface area contributed by atoms with Gasteiger partial charge in [-0.05, 0) is 245 Å². The Balaban J connectivity index is 1.31. The van der Waals surface area contributed by atoms with Crippen LogP contribution in [0, 0.1) is 36.9 Å². The molecule has 0 saturated heterocycles. The van der Waals surface area contributed by atoms with Gasteiger partial charge in [-0.1, -0.05) is 135 Å². The van der Waals surface area contributed by atoms with Gasteiger partial charge < -0.3 is 75.9 Å². The van der Waals surface area contributed by atoms with E-state index in [9.17, 15) is 24.0 Å². The van der Waals surface area contributed by atoms with Gasteiger partial charge in [0.1, 0.15) is 46.5 Å². The number of H-pyrrole nitrogens is 1. The van der Waals surface area contributed by atoms with Crippen molar-refractivity contribution in [1.82, 2.24) is 47.2 Å². The molecule has 7 aromatic rings. The summed E-state index contributed by atoms with van der Waals surface area (Å²) in [5.74, 6) is -11.6. The normalized spacial score (nSPS) is 14.6. The first-order chi connectivity index (χ1) is 65.5. The molecule has 0 aliphatic heterocycles. The molecule has 1 unspecified atom stereocenters. The van der Waals surface area contributed by atoms with E-state index in [-0.39, 0.29) is 43.7 Å². The molecule has 1 aromatic heterocycles. The van der Waals surface area contributed by atoms with Crippen LogP contribution in [0.2, 0.25) is 0 Å². The summed E-state index contributed by atoms with van der Waals surface area (Å²) in [6, 6.07) is 29.8. The second-order valence-electron chi connectivity index (χ2n) is 41.3. The average molecular weight is 1940 g/mol. The first-order valence-corrected chi connectivity index (χ1v) is 48.3. The third-order valence-electron chi connectivity index (χ3n) is 23.5. The van der Waals surface area contributed by atoms with Gasteiger partial charge >= 0.3 is 5.97 Å². The Kier molecular flexibility index (Phi) is 43.1. The van der Waals surface area contributed by atoms with E-state index in [0.29, 0.717) is 59.8 Å². The summed E-state index contributed by atoms with van der Waals surface area (Å²) >= 11 is 0. The number of primary amides is 1. The van der Waals surface area contributed by atoms with Crippen LogP contribution in [0.15, 0.2) is 127 Å². The molecule has 0 aliphatic rings. The van der Waals surface area contributed by atoms with Gasteiger partial charge in [0.2, 0.25) is 29.5 Å². The van der Waals surface area contributed by atoms with Gasteiger partial charge in [-0.25, -0.2) is 4.39 Å². The van der Waals surface area contributed by atoms with Crippen LogP contribution >= 0.6 is 0 Å². The summed E-state index contributed by atoms with van der Waals surface area (Å²) in [6.45, 7) is 35.5. The molecule has 10 N–H and O–H groups in total. The van der Waals surface area contributed by atoms with Crippen molar-refractivity contribution in [2.24, 2.45) is 28.7 Å². The lowest BCUT2D eigenvalue weighted by atomic mass is 9.76. The highest BCUT2D eigenvalue weighted by molar-refractivity contribution is 6.00. The Morgan fingerprint density at radius 3 is 1.71 bits per heavy atom. The SMILES string of the molecule is CCCCCOc1ccc(-c2ccc(C[C@H](CC(=O)[C@H](CC(=O)OC(C)(C)C)NC(=O)[C@H](COC(C)(C)C)CC(=O)[C@@H](NC(=O)[C@@](C)(CC(=O)[C@@H](NC(=O)CCC(=O)[C@H](Cc3nn[nH]n3)NC(=O)C(C)(C)N)[C@@H](C)OC(C)(C)C)Cc3ccccc3F)[C@@H](C)OC(C)(C)C)C(=O)N[C@@H](CCCc3cc(C)cc(C)c3)C(=O)CC(c3ccc(OCC(N)=O)cc3)c3ccc(OC)cc3OC)cc2)c(CC)c1. The third-order valence-corrected chi connectivity index (χ3v) is 23.5. The molecule has 1 heterocycles. The molecule has 6 amide bonds. The number of aromatic nitrogens is 4. The van der Waals surface area contributed by atoms with E-state index in [1.807, 2.05) is 56.3 Å². The number of ether oxygens (including phenoxy) is 8. The summed E-state index contributed by atoms with van der Waals surface area (Å²) in [6.07, 6.45) is -2.69. The molecule has 6 aromatic carbocycles. The van der Waals surface area contributed by atoms with Gasteiger partial charge in [0.15, 0.2) is 41.3 Å². The largest absolute Gasteiger partial charge is 0.497 e. The van der Waals surface area contributed by atoms with Gasteiger partial charge in [-0.3, -0.25) is 57.5 Å². The first-order valence-electron chi connectivity index (χ1n) is 48.3. The highest BCUT2D eigenvalue weighted by Gasteiger charge is 2.46. The van der Waals surface area contributed by atoms with Crippen LogP contribution in [0.1, 0.15) is 265 Å². The van der Waals surface area contributed by atoms with Crippen molar-refractivity contribution >= 4 is 70.3 Å². The Hall–Kier alpha value is -12.0. The molecule has 7 rings (SSSR count). The second-order valence-corrected chi connectivity index (χ2v) is 41.3. The molecule has 0 radical (unpaired) electrons. The van der Waals surface area contributed by atoms with E-state index in [2.05, 4.69) is 79.3 Å². The number of tetrazole rings is 1. The Morgan fingerprint density at radius 1 is 0.529 bits per heavy atom. The zero-order chi connectivity index (χ0) is 104. The van der Waals surface area contributed by atoms with Gasteiger partial charge in [-0.15, -0.1) is 10.2 Å². The topological polar surface area (TPSA) is 445 Å². The fourth-order valence-electron chi connectivity index (χ4n) is 16.7. The van der Waals surface area contributed by atoms with Gasteiger partial charge in [0.05, 0.1) is 97.9 Å². The fourth-order valence-corrected chi connectivity index (χ4v) is 16.7. The van der Waals surface area contributed by atoms with Gasteiger partial charge in [-0.2, -0.15) is 5.21 Å². The molecule has 31 nitrogen and oxygen atoms in total. The summed E-state index contributed by atoms with van der Waals surface area (Å²) in [5, 5.41) is 27.8. The van der Waals surface area contributed by atoms with Crippen molar-refractivity contribution in [3.05, 3.63) is 184 Å². The minimum absolute atomic E-state index is 0.0135. The number of nitrogens with two attached hydrogens (primary N) is 2. The lowest BCUT2D eigenvalue weighted by Crippen LogP contribution is -2.57. The van der Waals surface area contributed by atoms with Crippen LogP contribution in [-0.2, 0) is 109 Å². The molecule has 0 fully saturated rings. The van der Waals surface area contributed by atoms with Crippen LogP contribution in [-0.4, -0.2) is 195 Å². The number of hydrogen-bond donors (Lipinski definition) is 8. The third kappa shape index (κ3) is 38.2. The number of methoxy groups -OCH3 is 2. The minimum atomic E-state index is -2.02. The number of carbonyl (C=O) groups is 12. The van der Waals surface area contributed by atoms with Crippen LogP contribution < -0.4 is 57.0 Å². The molecule has 764 valence electrons. The van der Waals surface area contributed by atoms with E-state index < -0.39 is 221 Å². The maximum absolute atomic E-state index is 16.3. The number of hydrogen-bond acceptors (Lipinski definition) is 24. The number of rotatable bonds is 57. The molecular formula is C108H150FN11O20. The van der Waals surface area contributed by atoms with Gasteiger partial charge in [0.25, 0.3) is 5.91 Å². The number of esters is 1. The number of amides is 6. The monoisotopic (exact) mass is 1940 g/mol. The number of ketones is 5. The lowest BCUT2D eigenvalue weighted by molar-refractivity contribution is -0.157. The molecule has 0 spiro atoms. The van der Waals surface area contributed by atoms with Crippen LogP contribution in [0.3, 0.4) is 0 Å². The van der Waals surface area contributed by atoms with E-state index in [4.69, 9.17) is 49.4 Å². The summed E-state index contributed by atoms with van der Waals surface area (Å²) < 4.78 is 64.7. The van der Waals surface area contributed by atoms with Crippen molar-refractivity contribution in [3.8, 4) is 34.1 Å². The van der Waals surface area contributed by atoms with Crippen molar-refractivity contribution in [2.75, 3.05) is 34.0 Å². The van der Waals surface area contributed by atoms with Gasteiger partial charge in [0, 0.05) is 68.4 Å². The molecule has 0 bridgehead atoms. The highest BCUT2D eigenvalue weighted by atomic mass is 19.1. The number of aromatic amines is 1.